The number of carbonyl (C=O) groups excluding carboxylic acids is 1. The first-order valence-corrected chi connectivity index (χ1v) is 5.29. The fraction of sp³-hybridized carbons (Fsp3) is 0.417. The van der Waals surface area contributed by atoms with Crippen molar-refractivity contribution >= 4 is 6.03 Å². The molecule has 1 aromatic rings. The van der Waals surface area contributed by atoms with Crippen molar-refractivity contribution in [2.45, 2.75) is 18.4 Å². The molecular weight excluding hydrogens is 207 g/mol. The van der Waals surface area contributed by atoms with E-state index in [0.717, 1.165) is 18.4 Å². The fourth-order valence-electron chi connectivity index (χ4n) is 1.70. The molecule has 0 heterocycles. The van der Waals surface area contributed by atoms with Crippen LogP contribution in [-0.4, -0.2) is 25.0 Å². The second kappa shape index (κ2) is 3.77. The highest BCUT2D eigenvalue weighted by Gasteiger charge is 2.45. The van der Waals surface area contributed by atoms with Gasteiger partial charge in [-0.15, -0.1) is 0 Å². The Balaban J connectivity index is 2.14. The molecule has 1 aliphatic rings. The molecule has 1 N–H and O–H groups in total. The van der Waals surface area contributed by atoms with Gasteiger partial charge in [0.15, 0.2) is 0 Å². The summed E-state index contributed by atoms with van der Waals surface area (Å²) in [6.07, 6.45) is 1.83. The molecule has 86 valence electrons. The summed E-state index contributed by atoms with van der Waals surface area (Å²) >= 11 is 0. The van der Waals surface area contributed by atoms with Gasteiger partial charge in [0.1, 0.15) is 5.82 Å². The zero-order valence-corrected chi connectivity index (χ0v) is 9.46. The standard InChI is InChI=1S/C12H15FN2O/c1-15(2)11(16)14-12(7-8-12)9-3-5-10(13)6-4-9/h3-6H,7-8H2,1-2H3,(H,14,16). The first-order valence-electron chi connectivity index (χ1n) is 5.29. The summed E-state index contributed by atoms with van der Waals surface area (Å²) in [5, 5.41) is 2.97. The number of benzene rings is 1. The van der Waals surface area contributed by atoms with Gasteiger partial charge < -0.3 is 10.2 Å². The minimum absolute atomic E-state index is 0.109. The monoisotopic (exact) mass is 222 g/mol. The van der Waals surface area contributed by atoms with E-state index in [2.05, 4.69) is 5.32 Å². The smallest absolute Gasteiger partial charge is 0.317 e. The Hall–Kier alpha value is -1.58. The lowest BCUT2D eigenvalue weighted by Gasteiger charge is -2.21. The Morgan fingerprint density at radius 1 is 1.31 bits per heavy atom. The van der Waals surface area contributed by atoms with Gasteiger partial charge in [-0.05, 0) is 30.5 Å². The molecule has 1 aromatic carbocycles. The average molecular weight is 222 g/mol. The number of halogens is 1. The molecule has 0 atom stereocenters. The molecule has 0 aromatic heterocycles. The summed E-state index contributed by atoms with van der Waals surface area (Å²) < 4.78 is 12.8. The molecular formula is C12H15FN2O. The summed E-state index contributed by atoms with van der Waals surface area (Å²) in [5.41, 5.74) is 0.707. The van der Waals surface area contributed by atoms with Crippen LogP contribution in [-0.2, 0) is 5.54 Å². The number of carbonyl (C=O) groups is 1. The highest BCUT2D eigenvalue weighted by Crippen LogP contribution is 2.45. The van der Waals surface area contributed by atoms with E-state index in [4.69, 9.17) is 0 Å². The largest absolute Gasteiger partial charge is 0.331 e. The topological polar surface area (TPSA) is 32.3 Å². The van der Waals surface area contributed by atoms with Crippen molar-refractivity contribution in [1.29, 1.82) is 0 Å². The van der Waals surface area contributed by atoms with Crippen molar-refractivity contribution < 1.29 is 9.18 Å². The van der Waals surface area contributed by atoms with Crippen LogP contribution in [0, 0.1) is 5.82 Å². The number of urea groups is 1. The van der Waals surface area contributed by atoms with Crippen molar-refractivity contribution in [3.05, 3.63) is 35.6 Å². The van der Waals surface area contributed by atoms with Crippen molar-refractivity contribution in [2.24, 2.45) is 0 Å². The van der Waals surface area contributed by atoms with Gasteiger partial charge in [0.05, 0.1) is 5.54 Å². The molecule has 4 heteroatoms. The second-order valence-corrected chi connectivity index (χ2v) is 4.41. The number of nitrogens with one attached hydrogen (secondary N) is 1. The summed E-state index contributed by atoms with van der Waals surface area (Å²) in [5.74, 6) is -0.251. The third-order valence-corrected chi connectivity index (χ3v) is 2.90. The molecule has 2 amide bonds. The van der Waals surface area contributed by atoms with Crippen LogP contribution in [0.15, 0.2) is 24.3 Å². The first-order chi connectivity index (χ1) is 7.53. The van der Waals surface area contributed by atoms with Crippen LogP contribution in [0.25, 0.3) is 0 Å². The molecule has 0 radical (unpaired) electrons. The van der Waals surface area contributed by atoms with E-state index in [9.17, 15) is 9.18 Å². The van der Waals surface area contributed by atoms with Gasteiger partial charge in [-0.1, -0.05) is 12.1 Å². The molecule has 1 aliphatic carbocycles. The van der Waals surface area contributed by atoms with Crippen LogP contribution in [0.4, 0.5) is 9.18 Å². The van der Waals surface area contributed by atoms with Crippen LogP contribution in [0.3, 0.4) is 0 Å². The van der Waals surface area contributed by atoms with E-state index in [1.165, 1.54) is 17.0 Å². The molecule has 1 fully saturated rings. The summed E-state index contributed by atoms with van der Waals surface area (Å²) in [7, 11) is 3.41. The minimum Gasteiger partial charge on any atom is -0.331 e. The highest BCUT2D eigenvalue weighted by molar-refractivity contribution is 5.75. The maximum absolute atomic E-state index is 12.8. The van der Waals surface area contributed by atoms with E-state index in [-0.39, 0.29) is 17.4 Å². The van der Waals surface area contributed by atoms with Gasteiger partial charge in [0.25, 0.3) is 0 Å². The van der Waals surface area contributed by atoms with Crippen molar-refractivity contribution in [2.75, 3.05) is 14.1 Å². The third kappa shape index (κ3) is 2.01. The van der Waals surface area contributed by atoms with Crippen LogP contribution >= 0.6 is 0 Å². The van der Waals surface area contributed by atoms with Crippen molar-refractivity contribution in [3.8, 4) is 0 Å². The number of hydrogen-bond acceptors (Lipinski definition) is 1. The Kier molecular flexibility index (Phi) is 2.58. The normalized spacial score (nSPS) is 16.7. The second-order valence-electron chi connectivity index (χ2n) is 4.41. The van der Waals surface area contributed by atoms with E-state index in [1.54, 1.807) is 26.2 Å². The van der Waals surface area contributed by atoms with Crippen LogP contribution in [0.5, 0.6) is 0 Å². The molecule has 0 bridgehead atoms. The van der Waals surface area contributed by atoms with Gasteiger partial charge in [0, 0.05) is 14.1 Å². The number of nitrogens with zero attached hydrogens (tertiary/aromatic N) is 1. The summed E-state index contributed by atoms with van der Waals surface area (Å²) in [4.78, 5) is 13.1. The molecule has 0 unspecified atom stereocenters. The number of hydrogen-bond donors (Lipinski definition) is 1. The summed E-state index contributed by atoms with van der Waals surface area (Å²) in [6, 6.07) is 6.21. The van der Waals surface area contributed by atoms with E-state index < -0.39 is 0 Å². The zero-order chi connectivity index (χ0) is 11.8. The Morgan fingerprint density at radius 2 is 1.88 bits per heavy atom. The Labute approximate surface area is 94.3 Å². The number of amides is 2. The predicted molar refractivity (Wildman–Crippen MR) is 59.5 cm³/mol. The van der Waals surface area contributed by atoms with E-state index >= 15 is 0 Å². The SMILES string of the molecule is CN(C)C(=O)NC1(c2ccc(F)cc2)CC1. The lowest BCUT2D eigenvalue weighted by molar-refractivity contribution is 0.211. The molecule has 2 rings (SSSR count). The van der Waals surface area contributed by atoms with Crippen LogP contribution in [0.1, 0.15) is 18.4 Å². The van der Waals surface area contributed by atoms with Crippen LogP contribution < -0.4 is 5.32 Å². The average Bonchev–Trinajstić information content (AvgIpc) is 2.99. The summed E-state index contributed by atoms with van der Waals surface area (Å²) in [6.45, 7) is 0. The minimum atomic E-state index is -0.269. The Bertz CT molecular complexity index is 396. The van der Waals surface area contributed by atoms with Crippen molar-refractivity contribution in [3.63, 3.8) is 0 Å². The lowest BCUT2D eigenvalue weighted by atomic mass is 10.1. The van der Waals surface area contributed by atoms with Gasteiger partial charge >= 0.3 is 6.03 Å². The van der Waals surface area contributed by atoms with Gasteiger partial charge in [-0.2, -0.15) is 0 Å². The third-order valence-electron chi connectivity index (χ3n) is 2.90. The van der Waals surface area contributed by atoms with Gasteiger partial charge in [-0.25, -0.2) is 9.18 Å². The van der Waals surface area contributed by atoms with Gasteiger partial charge in [-0.3, -0.25) is 0 Å². The fourth-order valence-corrected chi connectivity index (χ4v) is 1.70. The highest BCUT2D eigenvalue weighted by atomic mass is 19.1. The quantitative estimate of drug-likeness (QED) is 0.816. The lowest BCUT2D eigenvalue weighted by Crippen LogP contribution is -2.41. The molecule has 16 heavy (non-hydrogen) atoms. The van der Waals surface area contributed by atoms with Gasteiger partial charge in [0.2, 0.25) is 0 Å². The molecule has 0 spiro atoms. The Morgan fingerprint density at radius 3 is 2.31 bits per heavy atom. The molecule has 1 saturated carbocycles. The van der Waals surface area contributed by atoms with E-state index in [0.29, 0.717) is 0 Å². The molecule has 3 nitrogen and oxygen atoms in total. The number of rotatable bonds is 2. The van der Waals surface area contributed by atoms with Crippen LogP contribution in [0.2, 0.25) is 0 Å². The first kappa shape index (κ1) is 10.9. The zero-order valence-electron chi connectivity index (χ0n) is 9.46. The maximum Gasteiger partial charge on any atom is 0.317 e. The molecule has 0 saturated heterocycles. The molecule has 0 aliphatic heterocycles. The van der Waals surface area contributed by atoms with Crippen molar-refractivity contribution in [1.82, 2.24) is 10.2 Å². The maximum atomic E-state index is 12.8. The predicted octanol–water partition coefficient (Wildman–Crippen LogP) is 2.09. The van der Waals surface area contributed by atoms with E-state index in [1.807, 2.05) is 0 Å².